The number of phenolic OH excluding ortho intramolecular Hbond substituents is 1. The SMILES string of the molecule is [2H]c1cc(O)cc2ccccc12. The number of hydrogen-bond donors (Lipinski definition) is 1. The van der Waals surface area contributed by atoms with Crippen LogP contribution >= 0.6 is 0 Å². The Kier molecular flexibility index (Phi) is 1.07. The predicted molar refractivity (Wildman–Crippen MR) is 45.6 cm³/mol. The van der Waals surface area contributed by atoms with Gasteiger partial charge in [-0.15, -0.1) is 0 Å². The zero-order valence-corrected chi connectivity index (χ0v) is 5.91. The Balaban J connectivity index is 2.89. The van der Waals surface area contributed by atoms with Crippen LogP contribution in [0.15, 0.2) is 42.4 Å². The van der Waals surface area contributed by atoms with Crippen LogP contribution in [0, 0.1) is 0 Å². The molecule has 54 valence electrons. The van der Waals surface area contributed by atoms with Crippen molar-refractivity contribution in [2.45, 2.75) is 0 Å². The molecule has 0 spiro atoms. The summed E-state index contributed by atoms with van der Waals surface area (Å²) in [7, 11) is 0. The molecule has 0 radical (unpaired) electrons. The van der Waals surface area contributed by atoms with E-state index in [-0.39, 0.29) is 5.75 Å². The first-order valence-electron chi connectivity index (χ1n) is 3.96. The smallest absolute Gasteiger partial charge is 0.116 e. The molecule has 0 aromatic heterocycles. The lowest BCUT2D eigenvalue weighted by atomic mass is 10.1. The molecule has 0 heterocycles. The van der Waals surface area contributed by atoms with Crippen LogP contribution in [0.1, 0.15) is 1.37 Å². The first kappa shape index (κ1) is 5.19. The lowest BCUT2D eigenvalue weighted by molar-refractivity contribution is 0.476. The van der Waals surface area contributed by atoms with Crippen molar-refractivity contribution < 1.29 is 6.48 Å². The van der Waals surface area contributed by atoms with Crippen molar-refractivity contribution in [1.29, 1.82) is 0 Å². The van der Waals surface area contributed by atoms with Gasteiger partial charge in [0.05, 0.1) is 1.37 Å². The number of phenols is 1. The van der Waals surface area contributed by atoms with Crippen molar-refractivity contribution in [3.8, 4) is 5.75 Å². The summed E-state index contributed by atoms with van der Waals surface area (Å²) in [4.78, 5) is 0. The van der Waals surface area contributed by atoms with Gasteiger partial charge in [0.1, 0.15) is 5.75 Å². The standard InChI is InChI=1S/C10H8O/c11-10-6-5-8-3-1-2-4-9(8)7-10/h1-7,11H/i5D. The lowest BCUT2D eigenvalue weighted by Gasteiger charge is -1.96. The number of rotatable bonds is 0. The third-order valence-electron chi connectivity index (χ3n) is 1.64. The molecular weight excluding hydrogens is 136 g/mol. The van der Waals surface area contributed by atoms with Crippen molar-refractivity contribution in [2.24, 2.45) is 0 Å². The summed E-state index contributed by atoms with van der Waals surface area (Å²) in [5.41, 5.74) is 0. The highest BCUT2D eigenvalue weighted by Gasteiger charge is 1.91. The summed E-state index contributed by atoms with van der Waals surface area (Å²) in [5, 5.41) is 11.0. The molecule has 0 aliphatic carbocycles. The van der Waals surface area contributed by atoms with Crippen LogP contribution in [0.25, 0.3) is 10.8 Å². The molecule has 0 aliphatic heterocycles. The monoisotopic (exact) mass is 145 g/mol. The molecule has 1 N–H and O–H groups in total. The second-order valence-electron chi connectivity index (χ2n) is 2.45. The Labute approximate surface area is 66.3 Å². The second-order valence-corrected chi connectivity index (χ2v) is 2.45. The minimum absolute atomic E-state index is 0.152. The molecule has 0 fully saturated rings. The van der Waals surface area contributed by atoms with Crippen molar-refractivity contribution in [3.05, 3.63) is 42.4 Å². The van der Waals surface area contributed by atoms with E-state index in [9.17, 15) is 5.11 Å². The first-order valence-corrected chi connectivity index (χ1v) is 3.46. The third-order valence-corrected chi connectivity index (χ3v) is 1.64. The molecule has 11 heavy (non-hydrogen) atoms. The molecule has 2 rings (SSSR count). The minimum Gasteiger partial charge on any atom is -0.508 e. The summed E-state index contributed by atoms with van der Waals surface area (Å²) >= 11 is 0. The Bertz CT molecular complexity index is 423. The number of hydrogen-bond acceptors (Lipinski definition) is 1. The van der Waals surface area contributed by atoms with E-state index < -0.39 is 0 Å². The number of benzene rings is 2. The molecule has 2 aromatic carbocycles. The summed E-state index contributed by atoms with van der Waals surface area (Å²) in [6.45, 7) is 0. The van der Waals surface area contributed by atoms with Gasteiger partial charge in [0.2, 0.25) is 0 Å². The van der Waals surface area contributed by atoms with Gasteiger partial charge < -0.3 is 5.11 Å². The lowest BCUT2D eigenvalue weighted by Crippen LogP contribution is -1.69. The van der Waals surface area contributed by atoms with Crippen LogP contribution in [0.4, 0.5) is 0 Å². The molecule has 0 unspecified atom stereocenters. The molecule has 0 atom stereocenters. The molecule has 0 aliphatic rings. The van der Waals surface area contributed by atoms with Gasteiger partial charge in [-0.1, -0.05) is 30.3 Å². The number of aromatic hydroxyl groups is 1. The zero-order chi connectivity index (χ0) is 8.55. The van der Waals surface area contributed by atoms with Gasteiger partial charge in [-0.3, -0.25) is 0 Å². The molecule has 0 bridgehead atoms. The van der Waals surface area contributed by atoms with Gasteiger partial charge in [-0.25, -0.2) is 0 Å². The fourth-order valence-electron chi connectivity index (χ4n) is 1.11. The van der Waals surface area contributed by atoms with Crippen molar-refractivity contribution in [2.75, 3.05) is 0 Å². The van der Waals surface area contributed by atoms with Gasteiger partial charge in [0.15, 0.2) is 0 Å². The number of fused-ring (bicyclic) bond motifs is 1. The average molecular weight is 145 g/mol. The normalized spacial score (nSPS) is 11.5. The molecule has 1 heteroatoms. The summed E-state index contributed by atoms with van der Waals surface area (Å²) < 4.78 is 7.54. The Morgan fingerprint density at radius 1 is 1.09 bits per heavy atom. The topological polar surface area (TPSA) is 20.2 Å². The minimum atomic E-state index is 0.152. The van der Waals surface area contributed by atoms with Crippen LogP contribution in [-0.2, 0) is 0 Å². The summed E-state index contributed by atoms with van der Waals surface area (Å²) in [6, 6.07) is 11.0. The maximum atomic E-state index is 9.19. The van der Waals surface area contributed by atoms with E-state index in [0.29, 0.717) is 6.04 Å². The molecule has 2 aromatic rings. The molecule has 0 saturated heterocycles. The second kappa shape index (κ2) is 2.27. The van der Waals surface area contributed by atoms with E-state index in [0.717, 1.165) is 10.8 Å². The van der Waals surface area contributed by atoms with Crippen LogP contribution in [0.2, 0.25) is 0 Å². The quantitative estimate of drug-likeness (QED) is 0.604. The maximum absolute atomic E-state index is 9.19. The van der Waals surface area contributed by atoms with E-state index in [1.165, 1.54) is 6.07 Å². The van der Waals surface area contributed by atoms with Crippen molar-refractivity contribution >= 4 is 10.8 Å². The molecule has 0 saturated carbocycles. The van der Waals surface area contributed by atoms with Gasteiger partial charge in [-0.2, -0.15) is 0 Å². The highest BCUT2D eigenvalue weighted by atomic mass is 16.3. The molecule has 0 amide bonds. The summed E-state index contributed by atoms with van der Waals surface area (Å²) in [6.07, 6.45) is 0. The van der Waals surface area contributed by atoms with Gasteiger partial charge in [0, 0.05) is 0 Å². The Morgan fingerprint density at radius 3 is 2.64 bits per heavy atom. The van der Waals surface area contributed by atoms with Crippen LogP contribution in [-0.4, -0.2) is 5.11 Å². The first-order chi connectivity index (χ1) is 5.77. The van der Waals surface area contributed by atoms with E-state index in [2.05, 4.69) is 0 Å². The van der Waals surface area contributed by atoms with Crippen LogP contribution in [0.5, 0.6) is 5.75 Å². The fourth-order valence-corrected chi connectivity index (χ4v) is 1.11. The largest absolute Gasteiger partial charge is 0.508 e. The van der Waals surface area contributed by atoms with Gasteiger partial charge >= 0.3 is 0 Å². The van der Waals surface area contributed by atoms with Crippen molar-refractivity contribution in [3.63, 3.8) is 0 Å². The van der Waals surface area contributed by atoms with E-state index in [4.69, 9.17) is 1.37 Å². The van der Waals surface area contributed by atoms with Crippen LogP contribution < -0.4 is 0 Å². The van der Waals surface area contributed by atoms with E-state index >= 15 is 0 Å². The van der Waals surface area contributed by atoms with Gasteiger partial charge in [-0.05, 0) is 22.9 Å². The fraction of sp³-hybridized carbons (Fsp3) is 0. The van der Waals surface area contributed by atoms with E-state index in [1.807, 2.05) is 24.3 Å². The van der Waals surface area contributed by atoms with Crippen LogP contribution in [0.3, 0.4) is 0 Å². The highest BCUT2D eigenvalue weighted by Crippen LogP contribution is 2.18. The highest BCUT2D eigenvalue weighted by molar-refractivity contribution is 5.83. The average Bonchev–Trinajstić information content (AvgIpc) is 2.04. The Hall–Kier alpha value is -1.50. The zero-order valence-electron chi connectivity index (χ0n) is 6.91. The van der Waals surface area contributed by atoms with Gasteiger partial charge in [0.25, 0.3) is 0 Å². The van der Waals surface area contributed by atoms with Crippen molar-refractivity contribution in [1.82, 2.24) is 0 Å². The molecule has 1 nitrogen and oxygen atoms in total. The Morgan fingerprint density at radius 2 is 1.82 bits per heavy atom. The third kappa shape index (κ3) is 1.05. The van der Waals surface area contributed by atoms with E-state index in [1.54, 1.807) is 6.07 Å². The summed E-state index contributed by atoms with van der Waals surface area (Å²) in [5.74, 6) is 0.152. The predicted octanol–water partition coefficient (Wildman–Crippen LogP) is 2.55. The maximum Gasteiger partial charge on any atom is 0.116 e. The molecular formula is C10H8O.